The third-order valence-electron chi connectivity index (χ3n) is 3.98. The van der Waals surface area contributed by atoms with Crippen molar-refractivity contribution in [1.29, 1.82) is 0 Å². The molecule has 8 heteroatoms. The highest BCUT2D eigenvalue weighted by Gasteiger charge is 2.30. The zero-order valence-corrected chi connectivity index (χ0v) is 13.6. The summed E-state index contributed by atoms with van der Waals surface area (Å²) in [5.74, 6) is 0.427. The maximum Gasteiger partial charge on any atom is 0.279 e. The maximum atomic E-state index is 12.3. The van der Waals surface area contributed by atoms with Crippen LogP contribution < -0.4 is 10.0 Å². The average Bonchev–Trinajstić information content (AvgIpc) is 3.17. The normalized spacial score (nSPS) is 24.3. The van der Waals surface area contributed by atoms with E-state index >= 15 is 0 Å². The van der Waals surface area contributed by atoms with Crippen molar-refractivity contribution in [3.05, 3.63) is 16.6 Å². The van der Waals surface area contributed by atoms with E-state index in [1.807, 2.05) is 5.38 Å². The lowest BCUT2D eigenvalue weighted by molar-refractivity contribution is 0.257. The first kappa shape index (κ1) is 15.4. The zero-order valence-electron chi connectivity index (χ0n) is 12.0. The van der Waals surface area contributed by atoms with Crippen LogP contribution in [0.15, 0.2) is 11.6 Å². The second-order valence-electron chi connectivity index (χ2n) is 5.80. The van der Waals surface area contributed by atoms with Crippen LogP contribution >= 0.6 is 11.3 Å². The molecule has 0 spiro atoms. The highest BCUT2D eigenvalue weighted by Crippen LogP contribution is 2.22. The minimum absolute atomic E-state index is 0.279. The van der Waals surface area contributed by atoms with Crippen molar-refractivity contribution < 1.29 is 8.42 Å². The van der Waals surface area contributed by atoms with Crippen molar-refractivity contribution >= 4 is 21.5 Å². The fraction of sp³-hybridized carbons (Fsp3) is 0.769. The van der Waals surface area contributed by atoms with Gasteiger partial charge >= 0.3 is 0 Å². The van der Waals surface area contributed by atoms with Crippen LogP contribution in [-0.2, 0) is 16.8 Å². The molecule has 2 aliphatic rings. The number of aromatic nitrogens is 1. The Labute approximate surface area is 130 Å². The molecule has 1 saturated heterocycles. The molecule has 0 amide bonds. The molecular weight excluding hydrogens is 308 g/mol. The molecule has 2 fully saturated rings. The highest BCUT2D eigenvalue weighted by atomic mass is 32.2. The minimum Gasteiger partial charge on any atom is -0.314 e. The number of thiazole rings is 1. The van der Waals surface area contributed by atoms with E-state index in [0.717, 1.165) is 24.4 Å². The van der Waals surface area contributed by atoms with Crippen LogP contribution in [0.2, 0.25) is 0 Å². The number of nitrogens with one attached hydrogen (secondary N) is 2. The summed E-state index contributed by atoms with van der Waals surface area (Å²) in [6, 6.07) is 0.681. The SMILES string of the molecule is O=S(=O)(NCc1nccs1)N1CCCC(CNC2CC2)C1. The topological polar surface area (TPSA) is 74.3 Å². The second-order valence-corrected chi connectivity index (χ2v) is 8.54. The van der Waals surface area contributed by atoms with E-state index in [1.165, 1.54) is 24.2 Å². The van der Waals surface area contributed by atoms with Crippen molar-refractivity contribution in [2.24, 2.45) is 5.92 Å². The van der Waals surface area contributed by atoms with Crippen LogP contribution in [0.3, 0.4) is 0 Å². The first-order valence-corrected chi connectivity index (χ1v) is 9.82. The molecule has 1 aliphatic carbocycles. The second kappa shape index (κ2) is 6.70. The predicted octanol–water partition coefficient (Wildman–Crippen LogP) is 0.941. The quantitative estimate of drug-likeness (QED) is 0.780. The van der Waals surface area contributed by atoms with E-state index in [1.54, 1.807) is 10.5 Å². The van der Waals surface area contributed by atoms with Gasteiger partial charge in [0.25, 0.3) is 10.2 Å². The van der Waals surface area contributed by atoms with Gasteiger partial charge in [-0.3, -0.25) is 0 Å². The van der Waals surface area contributed by atoms with Gasteiger partial charge in [0, 0.05) is 30.7 Å². The van der Waals surface area contributed by atoms with Gasteiger partial charge < -0.3 is 5.32 Å². The van der Waals surface area contributed by atoms with E-state index in [4.69, 9.17) is 0 Å². The van der Waals surface area contributed by atoms with Gasteiger partial charge in [0.1, 0.15) is 5.01 Å². The molecule has 1 unspecified atom stereocenters. The molecule has 21 heavy (non-hydrogen) atoms. The summed E-state index contributed by atoms with van der Waals surface area (Å²) in [6.07, 6.45) is 6.27. The molecule has 6 nitrogen and oxygen atoms in total. The lowest BCUT2D eigenvalue weighted by atomic mass is 10.00. The van der Waals surface area contributed by atoms with Gasteiger partial charge in [-0.15, -0.1) is 11.3 Å². The summed E-state index contributed by atoms with van der Waals surface area (Å²) in [7, 11) is -3.39. The van der Waals surface area contributed by atoms with E-state index in [-0.39, 0.29) is 6.54 Å². The van der Waals surface area contributed by atoms with Crippen LogP contribution in [0.25, 0.3) is 0 Å². The van der Waals surface area contributed by atoms with E-state index in [0.29, 0.717) is 25.0 Å². The van der Waals surface area contributed by atoms with Crippen LogP contribution in [0, 0.1) is 5.92 Å². The molecule has 2 N–H and O–H groups in total. The number of piperidine rings is 1. The van der Waals surface area contributed by atoms with Gasteiger partial charge in [-0.25, -0.2) is 4.98 Å². The molecule has 2 heterocycles. The Morgan fingerprint density at radius 2 is 2.24 bits per heavy atom. The van der Waals surface area contributed by atoms with Gasteiger partial charge in [-0.1, -0.05) is 0 Å². The largest absolute Gasteiger partial charge is 0.314 e. The number of hydrogen-bond donors (Lipinski definition) is 2. The van der Waals surface area contributed by atoms with Crippen molar-refractivity contribution in [3.8, 4) is 0 Å². The summed E-state index contributed by atoms with van der Waals surface area (Å²) < 4.78 is 28.9. The molecule has 0 radical (unpaired) electrons. The summed E-state index contributed by atoms with van der Waals surface area (Å²) in [5, 5.41) is 6.15. The van der Waals surface area contributed by atoms with Crippen LogP contribution in [0.4, 0.5) is 0 Å². The predicted molar refractivity (Wildman–Crippen MR) is 83.2 cm³/mol. The smallest absolute Gasteiger partial charge is 0.279 e. The monoisotopic (exact) mass is 330 g/mol. The summed E-state index contributed by atoms with van der Waals surface area (Å²) in [6.45, 7) is 2.45. The molecule has 1 saturated carbocycles. The van der Waals surface area contributed by atoms with Crippen molar-refractivity contribution in [2.75, 3.05) is 19.6 Å². The molecule has 1 aromatic rings. The van der Waals surface area contributed by atoms with Gasteiger partial charge in [0.05, 0.1) is 6.54 Å². The summed E-state index contributed by atoms with van der Waals surface area (Å²) in [4.78, 5) is 4.10. The molecule has 118 valence electrons. The molecule has 1 aromatic heterocycles. The summed E-state index contributed by atoms with van der Waals surface area (Å²) >= 11 is 1.46. The van der Waals surface area contributed by atoms with Gasteiger partial charge in [0.2, 0.25) is 0 Å². The maximum absolute atomic E-state index is 12.3. The Balaban J connectivity index is 1.50. The lowest BCUT2D eigenvalue weighted by Crippen LogP contribution is -2.47. The Morgan fingerprint density at radius 1 is 1.38 bits per heavy atom. The molecule has 3 rings (SSSR count). The third-order valence-corrected chi connectivity index (χ3v) is 6.28. The van der Waals surface area contributed by atoms with Crippen LogP contribution in [-0.4, -0.2) is 43.4 Å². The first-order valence-electron chi connectivity index (χ1n) is 7.50. The van der Waals surface area contributed by atoms with Crippen LogP contribution in [0.1, 0.15) is 30.7 Å². The highest BCUT2D eigenvalue weighted by molar-refractivity contribution is 7.87. The Hall–Kier alpha value is -0.540. The molecule has 0 bridgehead atoms. The van der Waals surface area contributed by atoms with Gasteiger partial charge in [-0.2, -0.15) is 17.4 Å². The van der Waals surface area contributed by atoms with Crippen LogP contribution in [0.5, 0.6) is 0 Å². The van der Waals surface area contributed by atoms with E-state index in [9.17, 15) is 8.42 Å². The molecule has 1 aliphatic heterocycles. The van der Waals surface area contributed by atoms with Crippen molar-refractivity contribution in [1.82, 2.24) is 19.3 Å². The van der Waals surface area contributed by atoms with E-state index < -0.39 is 10.2 Å². The number of nitrogens with zero attached hydrogens (tertiary/aromatic N) is 2. The Morgan fingerprint density at radius 3 is 2.95 bits per heavy atom. The standard InChI is InChI=1S/C13H22N4O2S2/c18-21(19,16-9-13-14-5-7-20-13)17-6-1-2-11(10-17)8-15-12-3-4-12/h5,7,11-12,15-16H,1-4,6,8-10H2. The Kier molecular flexibility index (Phi) is 4.90. The minimum atomic E-state index is -3.39. The fourth-order valence-electron chi connectivity index (χ4n) is 2.62. The lowest BCUT2D eigenvalue weighted by Gasteiger charge is -2.32. The molecular formula is C13H22N4O2S2. The molecule has 0 aromatic carbocycles. The zero-order chi connectivity index (χ0) is 14.7. The third kappa shape index (κ3) is 4.46. The molecule has 1 atom stereocenters. The Bertz CT molecular complexity index is 543. The average molecular weight is 330 g/mol. The first-order chi connectivity index (χ1) is 10.1. The summed E-state index contributed by atoms with van der Waals surface area (Å²) in [5.41, 5.74) is 0. The van der Waals surface area contributed by atoms with Crippen molar-refractivity contribution in [3.63, 3.8) is 0 Å². The number of hydrogen-bond acceptors (Lipinski definition) is 5. The fourth-order valence-corrected chi connectivity index (χ4v) is 4.54. The van der Waals surface area contributed by atoms with E-state index in [2.05, 4.69) is 15.0 Å². The van der Waals surface area contributed by atoms with Crippen molar-refractivity contribution in [2.45, 2.75) is 38.3 Å². The van der Waals surface area contributed by atoms with Gasteiger partial charge in [-0.05, 0) is 38.1 Å². The van der Waals surface area contributed by atoms with Gasteiger partial charge in [0.15, 0.2) is 0 Å². The number of rotatable bonds is 7.